The first-order chi connectivity index (χ1) is 11.1. The lowest BCUT2D eigenvalue weighted by Crippen LogP contribution is -2.62. The normalized spacial score (nSPS) is 40.6. The number of hydrogen-bond donors (Lipinski definition) is 0. The van der Waals surface area contributed by atoms with Gasteiger partial charge in [0.2, 0.25) is 0 Å². The first-order valence-electron chi connectivity index (χ1n) is 8.43. The van der Waals surface area contributed by atoms with Gasteiger partial charge in [-0.05, 0) is 62.0 Å². The maximum absolute atomic E-state index is 12.8. The predicted octanol–water partition coefficient (Wildman–Crippen LogP) is 3.00. The molecule has 4 aliphatic carbocycles. The molecule has 1 heterocycles. The van der Waals surface area contributed by atoms with Gasteiger partial charge in [-0.2, -0.15) is 4.91 Å². The number of nitroso groups, excluding NO2 is 1. The summed E-state index contributed by atoms with van der Waals surface area (Å²) < 4.78 is 0. The van der Waals surface area contributed by atoms with E-state index in [4.69, 9.17) is 0 Å². The van der Waals surface area contributed by atoms with Crippen LogP contribution in [0, 0.1) is 22.7 Å². The second kappa shape index (κ2) is 4.28. The molecule has 5 aliphatic rings. The predicted molar refractivity (Wildman–Crippen MR) is 82.8 cm³/mol. The lowest BCUT2D eigenvalue weighted by Gasteiger charge is -2.58. The lowest BCUT2D eigenvalue weighted by molar-refractivity contribution is -0.0581. The number of fused-ring (bicyclic) bond motifs is 1. The molecule has 4 saturated carbocycles. The molecule has 4 fully saturated rings. The third-order valence-electron chi connectivity index (χ3n) is 6.51. The fourth-order valence-electron chi connectivity index (χ4n) is 5.97. The third kappa shape index (κ3) is 1.62. The third-order valence-corrected chi connectivity index (χ3v) is 6.51. The van der Waals surface area contributed by atoms with E-state index >= 15 is 0 Å². The maximum atomic E-state index is 12.8. The Morgan fingerprint density at radius 2 is 1.52 bits per heavy atom. The van der Waals surface area contributed by atoms with Crippen molar-refractivity contribution >= 4 is 11.8 Å². The van der Waals surface area contributed by atoms with Gasteiger partial charge in [0.15, 0.2) is 0 Å². The van der Waals surface area contributed by atoms with Crippen molar-refractivity contribution in [1.82, 2.24) is 4.90 Å². The number of carbonyl (C=O) groups excluding carboxylic acids is 2. The number of imide groups is 1. The van der Waals surface area contributed by atoms with E-state index in [1.165, 1.54) is 4.90 Å². The van der Waals surface area contributed by atoms with E-state index in [-0.39, 0.29) is 29.7 Å². The van der Waals surface area contributed by atoms with Gasteiger partial charge in [0.1, 0.15) is 5.54 Å². The Bertz CT molecular complexity index is 693. The minimum Gasteiger partial charge on any atom is -0.271 e. The summed E-state index contributed by atoms with van der Waals surface area (Å²) >= 11 is 0. The van der Waals surface area contributed by atoms with Gasteiger partial charge in [-0.15, -0.1) is 0 Å². The summed E-state index contributed by atoms with van der Waals surface area (Å²) in [4.78, 5) is 38.5. The minimum atomic E-state index is -0.425. The van der Waals surface area contributed by atoms with Crippen molar-refractivity contribution < 1.29 is 9.59 Å². The summed E-state index contributed by atoms with van der Waals surface area (Å²) in [5, 5.41) is 3.48. The van der Waals surface area contributed by atoms with Crippen LogP contribution in [0.4, 0.5) is 0 Å². The number of benzene rings is 1. The highest BCUT2D eigenvalue weighted by Gasteiger charge is 2.60. The highest BCUT2D eigenvalue weighted by Crippen LogP contribution is 2.59. The monoisotopic (exact) mass is 310 g/mol. The molecule has 0 spiro atoms. The lowest BCUT2D eigenvalue weighted by atomic mass is 9.51. The van der Waals surface area contributed by atoms with Crippen LogP contribution in [0.15, 0.2) is 29.4 Å². The molecule has 0 radical (unpaired) electrons. The van der Waals surface area contributed by atoms with Crippen LogP contribution in [0.5, 0.6) is 0 Å². The molecule has 118 valence electrons. The van der Waals surface area contributed by atoms with Crippen LogP contribution in [0.25, 0.3) is 0 Å². The molecule has 5 nitrogen and oxygen atoms in total. The second-order valence-electron chi connectivity index (χ2n) is 7.80. The topological polar surface area (TPSA) is 66.8 Å². The quantitative estimate of drug-likeness (QED) is 0.623. The SMILES string of the molecule is O=NC12CC3CC(C1)C(N1C(=O)c4ccccc4C1=O)C(C3)C2. The Morgan fingerprint density at radius 1 is 0.957 bits per heavy atom. The van der Waals surface area contributed by atoms with E-state index in [1.54, 1.807) is 24.3 Å². The molecule has 6 rings (SSSR count). The Hall–Kier alpha value is -2.04. The van der Waals surface area contributed by atoms with Crippen molar-refractivity contribution in [1.29, 1.82) is 0 Å². The number of rotatable bonds is 2. The standard InChI is InChI=1S/C18H18N2O3/c21-16-13-3-1-2-4-14(13)17(22)20(16)15-11-5-10-6-12(15)9-18(7-10,8-11)19-23/h1-4,10-12,15H,5-9H2. The molecule has 4 bridgehead atoms. The van der Waals surface area contributed by atoms with E-state index in [0.29, 0.717) is 17.0 Å². The molecule has 1 aliphatic heterocycles. The van der Waals surface area contributed by atoms with Gasteiger partial charge in [0, 0.05) is 6.04 Å². The summed E-state index contributed by atoms with van der Waals surface area (Å²) in [6.45, 7) is 0. The van der Waals surface area contributed by atoms with Gasteiger partial charge in [-0.1, -0.05) is 17.3 Å². The Balaban J connectivity index is 1.54. The molecule has 2 atom stereocenters. The second-order valence-corrected chi connectivity index (χ2v) is 7.80. The van der Waals surface area contributed by atoms with Crippen LogP contribution in [0.2, 0.25) is 0 Å². The fraction of sp³-hybridized carbons (Fsp3) is 0.556. The first kappa shape index (κ1) is 13.4. The van der Waals surface area contributed by atoms with Crippen LogP contribution in [0.3, 0.4) is 0 Å². The largest absolute Gasteiger partial charge is 0.271 e. The van der Waals surface area contributed by atoms with E-state index in [2.05, 4.69) is 5.18 Å². The zero-order valence-electron chi connectivity index (χ0n) is 12.8. The average molecular weight is 310 g/mol. The Labute approximate surface area is 134 Å². The van der Waals surface area contributed by atoms with Crippen molar-refractivity contribution in [2.75, 3.05) is 0 Å². The van der Waals surface area contributed by atoms with Crippen molar-refractivity contribution in [3.8, 4) is 0 Å². The van der Waals surface area contributed by atoms with E-state index in [9.17, 15) is 14.5 Å². The zero-order chi connectivity index (χ0) is 15.8. The molecule has 1 aromatic carbocycles. The molecule has 5 heteroatoms. The highest BCUT2D eigenvalue weighted by atomic mass is 16.3. The first-order valence-corrected chi connectivity index (χ1v) is 8.43. The summed E-state index contributed by atoms with van der Waals surface area (Å²) in [6, 6.07) is 7.03. The smallest absolute Gasteiger partial charge is 0.261 e. The van der Waals surface area contributed by atoms with Crippen LogP contribution in [-0.4, -0.2) is 28.3 Å². The van der Waals surface area contributed by atoms with Crippen LogP contribution in [-0.2, 0) is 0 Å². The van der Waals surface area contributed by atoms with E-state index < -0.39 is 5.54 Å². The number of nitrogens with zero attached hydrogens (tertiary/aromatic N) is 2. The number of amides is 2. The maximum Gasteiger partial charge on any atom is 0.261 e. The number of carbonyl (C=O) groups is 2. The Morgan fingerprint density at radius 3 is 2.04 bits per heavy atom. The molecular weight excluding hydrogens is 292 g/mol. The summed E-state index contributed by atoms with van der Waals surface area (Å²) in [5.74, 6) is 0.700. The summed E-state index contributed by atoms with van der Waals surface area (Å²) in [6.07, 6.45) is 4.42. The molecule has 2 unspecified atom stereocenters. The molecule has 2 amide bonds. The van der Waals surface area contributed by atoms with Gasteiger partial charge in [0.05, 0.1) is 11.1 Å². The molecule has 1 aromatic rings. The van der Waals surface area contributed by atoms with Crippen LogP contribution in [0.1, 0.15) is 52.8 Å². The van der Waals surface area contributed by atoms with Gasteiger partial charge in [-0.3, -0.25) is 14.5 Å². The van der Waals surface area contributed by atoms with Crippen molar-refractivity contribution in [2.45, 2.75) is 43.7 Å². The molecule has 0 aromatic heterocycles. The summed E-state index contributed by atoms with van der Waals surface area (Å²) in [7, 11) is 0. The minimum absolute atomic E-state index is 0.0474. The molecular formula is C18H18N2O3. The van der Waals surface area contributed by atoms with Crippen molar-refractivity contribution in [3.63, 3.8) is 0 Å². The zero-order valence-corrected chi connectivity index (χ0v) is 12.8. The Kier molecular flexibility index (Phi) is 2.49. The van der Waals surface area contributed by atoms with Crippen molar-refractivity contribution in [3.05, 3.63) is 40.3 Å². The highest BCUT2D eigenvalue weighted by molar-refractivity contribution is 6.21. The van der Waals surface area contributed by atoms with E-state index in [0.717, 1.165) is 32.1 Å². The molecule has 0 saturated heterocycles. The van der Waals surface area contributed by atoms with Gasteiger partial charge in [-0.25, -0.2) is 0 Å². The van der Waals surface area contributed by atoms with E-state index in [1.807, 2.05) is 0 Å². The average Bonchev–Trinajstić information content (AvgIpc) is 2.80. The van der Waals surface area contributed by atoms with Gasteiger partial charge in [0.25, 0.3) is 11.8 Å². The van der Waals surface area contributed by atoms with Crippen molar-refractivity contribution in [2.24, 2.45) is 22.9 Å². The fourth-order valence-corrected chi connectivity index (χ4v) is 5.97. The summed E-state index contributed by atoms with van der Waals surface area (Å²) in [5.41, 5.74) is 0.620. The van der Waals surface area contributed by atoms with Crippen LogP contribution < -0.4 is 0 Å². The van der Waals surface area contributed by atoms with Crippen LogP contribution >= 0.6 is 0 Å². The number of hydrogen-bond acceptors (Lipinski definition) is 4. The molecule has 0 N–H and O–H groups in total. The molecule has 23 heavy (non-hydrogen) atoms. The van der Waals surface area contributed by atoms with Gasteiger partial charge >= 0.3 is 0 Å². The van der Waals surface area contributed by atoms with Gasteiger partial charge < -0.3 is 0 Å².